The first-order valence-electron chi connectivity index (χ1n) is 8.98. The molecule has 0 radical (unpaired) electrons. The molecule has 6 heteroatoms. The normalized spacial score (nSPS) is 17.4. The van der Waals surface area contributed by atoms with Crippen molar-refractivity contribution in [1.29, 1.82) is 0 Å². The zero-order chi connectivity index (χ0) is 18.7. The van der Waals surface area contributed by atoms with Gasteiger partial charge >= 0.3 is 0 Å². The van der Waals surface area contributed by atoms with E-state index < -0.39 is 11.6 Å². The number of hydrogen-bond acceptors (Lipinski definition) is 3. The first-order valence-corrected chi connectivity index (χ1v) is 8.98. The average Bonchev–Trinajstić information content (AvgIpc) is 2.60. The van der Waals surface area contributed by atoms with Crippen molar-refractivity contribution in [3.8, 4) is 0 Å². The minimum atomic E-state index is -0.499. The van der Waals surface area contributed by atoms with Crippen molar-refractivity contribution in [2.24, 2.45) is 5.92 Å². The first kappa shape index (κ1) is 18.4. The van der Waals surface area contributed by atoms with Gasteiger partial charge in [-0.2, -0.15) is 0 Å². The van der Waals surface area contributed by atoms with E-state index in [4.69, 9.17) is 0 Å². The third-order valence-corrected chi connectivity index (χ3v) is 4.86. The standard InChI is InChI=1S/C20H23F2N3O/c1-13-11-19(24-14(2)23-13)20(26)25-10-4-5-15(12-25)8-9-16-17(21)6-3-7-18(16)22/h3,6-7,11,15H,4-5,8-10,12H2,1-2H3/t15-/m0/s1. The molecule has 1 saturated heterocycles. The van der Waals surface area contributed by atoms with E-state index in [9.17, 15) is 13.6 Å². The number of hydrogen-bond donors (Lipinski definition) is 0. The number of piperidine rings is 1. The number of carbonyl (C=O) groups is 1. The Morgan fingerprint density at radius 3 is 2.65 bits per heavy atom. The van der Waals surface area contributed by atoms with Crippen molar-refractivity contribution >= 4 is 5.91 Å². The Bertz CT molecular complexity index is 769. The van der Waals surface area contributed by atoms with Crippen LogP contribution in [0.25, 0.3) is 0 Å². The molecule has 3 rings (SSSR count). The van der Waals surface area contributed by atoms with Gasteiger partial charge in [-0.1, -0.05) is 6.07 Å². The van der Waals surface area contributed by atoms with E-state index in [1.54, 1.807) is 17.9 Å². The quantitative estimate of drug-likeness (QED) is 0.833. The second kappa shape index (κ2) is 7.89. The van der Waals surface area contributed by atoms with E-state index >= 15 is 0 Å². The minimum absolute atomic E-state index is 0.0969. The summed E-state index contributed by atoms with van der Waals surface area (Å²) in [5, 5.41) is 0. The fourth-order valence-corrected chi connectivity index (χ4v) is 3.59. The maximum atomic E-state index is 13.8. The molecule has 0 N–H and O–H groups in total. The van der Waals surface area contributed by atoms with Crippen LogP contribution in [0.4, 0.5) is 8.78 Å². The van der Waals surface area contributed by atoms with Crippen LogP contribution in [-0.4, -0.2) is 33.9 Å². The summed E-state index contributed by atoms with van der Waals surface area (Å²) in [7, 11) is 0. The fraction of sp³-hybridized carbons (Fsp3) is 0.450. The molecular formula is C20H23F2N3O. The van der Waals surface area contributed by atoms with Crippen LogP contribution in [0, 0.1) is 31.4 Å². The molecule has 0 bridgehead atoms. The fourth-order valence-electron chi connectivity index (χ4n) is 3.59. The third kappa shape index (κ3) is 4.23. The second-order valence-corrected chi connectivity index (χ2v) is 6.94. The monoisotopic (exact) mass is 359 g/mol. The molecular weight excluding hydrogens is 336 g/mol. The zero-order valence-corrected chi connectivity index (χ0v) is 15.1. The largest absolute Gasteiger partial charge is 0.337 e. The molecule has 0 unspecified atom stereocenters. The van der Waals surface area contributed by atoms with Gasteiger partial charge in [0.1, 0.15) is 23.2 Å². The molecule has 1 aliphatic rings. The van der Waals surface area contributed by atoms with Gasteiger partial charge in [0.15, 0.2) is 0 Å². The number of amides is 1. The van der Waals surface area contributed by atoms with Crippen LogP contribution in [0.2, 0.25) is 0 Å². The molecule has 1 fully saturated rings. The number of aryl methyl sites for hydroxylation is 2. The van der Waals surface area contributed by atoms with E-state index in [0.29, 0.717) is 37.4 Å². The predicted octanol–water partition coefficient (Wildman–Crippen LogP) is 3.86. The number of rotatable bonds is 4. The Morgan fingerprint density at radius 1 is 1.23 bits per heavy atom. The van der Waals surface area contributed by atoms with Gasteiger partial charge in [-0.15, -0.1) is 0 Å². The van der Waals surface area contributed by atoms with Gasteiger partial charge in [-0.05, 0) is 63.6 Å². The summed E-state index contributed by atoms with van der Waals surface area (Å²) in [5.41, 5.74) is 1.32. The molecule has 0 spiro atoms. The Labute approximate surface area is 152 Å². The van der Waals surface area contributed by atoms with E-state index in [-0.39, 0.29) is 17.4 Å². The molecule has 1 aromatic carbocycles. The number of likely N-dealkylation sites (tertiary alicyclic amines) is 1. The maximum Gasteiger partial charge on any atom is 0.272 e. The lowest BCUT2D eigenvalue weighted by atomic mass is 9.91. The molecule has 2 heterocycles. The zero-order valence-electron chi connectivity index (χ0n) is 15.1. The molecule has 1 atom stereocenters. The summed E-state index contributed by atoms with van der Waals surface area (Å²) < 4.78 is 27.6. The Balaban J connectivity index is 1.64. The van der Waals surface area contributed by atoms with Gasteiger partial charge in [0.05, 0.1) is 0 Å². The smallest absolute Gasteiger partial charge is 0.272 e. The van der Waals surface area contributed by atoms with Crippen LogP contribution in [-0.2, 0) is 6.42 Å². The van der Waals surface area contributed by atoms with Gasteiger partial charge in [0, 0.05) is 24.3 Å². The van der Waals surface area contributed by atoms with Crippen LogP contribution >= 0.6 is 0 Å². The van der Waals surface area contributed by atoms with Gasteiger partial charge in [0.25, 0.3) is 5.91 Å². The summed E-state index contributed by atoms with van der Waals surface area (Å²) in [6, 6.07) is 5.65. The van der Waals surface area contributed by atoms with Crippen LogP contribution in [0.1, 0.15) is 46.8 Å². The Kier molecular flexibility index (Phi) is 5.59. The molecule has 1 amide bonds. The summed E-state index contributed by atoms with van der Waals surface area (Å²) in [6.07, 6.45) is 2.85. The molecule has 26 heavy (non-hydrogen) atoms. The first-order chi connectivity index (χ1) is 12.4. The third-order valence-electron chi connectivity index (χ3n) is 4.86. The maximum absolute atomic E-state index is 13.8. The van der Waals surface area contributed by atoms with Crippen molar-refractivity contribution in [2.75, 3.05) is 13.1 Å². The van der Waals surface area contributed by atoms with Gasteiger partial charge in [-0.3, -0.25) is 4.79 Å². The van der Waals surface area contributed by atoms with E-state index in [1.165, 1.54) is 18.2 Å². The SMILES string of the molecule is Cc1cc(C(=O)N2CCC[C@@H](CCc3c(F)cccc3F)C2)nc(C)n1. The van der Waals surface area contributed by atoms with Gasteiger partial charge < -0.3 is 4.90 Å². The van der Waals surface area contributed by atoms with Crippen LogP contribution in [0.15, 0.2) is 24.3 Å². The predicted molar refractivity (Wildman–Crippen MR) is 94.8 cm³/mol. The highest BCUT2D eigenvalue weighted by molar-refractivity contribution is 5.92. The number of aromatic nitrogens is 2. The number of benzene rings is 1. The van der Waals surface area contributed by atoms with Crippen molar-refractivity contribution in [3.05, 3.63) is 58.7 Å². The molecule has 1 aromatic heterocycles. The van der Waals surface area contributed by atoms with Crippen LogP contribution < -0.4 is 0 Å². The minimum Gasteiger partial charge on any atom is -0.337 e. The highest BCUT2D eigenvalue weighted by Gasteiger charge is 2.26. The molecule has 2 aromatic rings. The van der Waals surface area contributed by atoms with E-state index in [1.807, 2.05) is 6.92 Å². The molecule has 0 saturated carbocycles. The molecule has 1 aliphatic heterocycles. The lowest BCUT2D eigenvalue weighted by Gasteiger charge is -2.32. The summed E-state index contributed by atoms with van der Waals surface area (Å²) in [5.74, 6) is -0.283. The lowest BCUT2D eigenvalue weighted by Crippen LogP contribution is -2.40. The molecule has 0 aliphatic carbocycles. The van der Waals surface area contributed by atoms with E-state index in [2.05, 4.69) is 9.97 Å². The molecule has 4 nitrogen and oxygen atoms in total. The van der Waals surface area contributed by atoms with E-state index in [0.717, 1.165) is 18.5 Å². The van der Waals surface area contributed by atoms with Crippen molar-refractivity contribution < 1.29 is 13.6 Å². The number of carbonyl (C=O) groups excluding carboxylic acids is 1. The van der Waals surface area contributed by atoms with Gasteiger partial charge in [-0.25, -0.2) is 18.7 Å². The highest BCUT2D eigenvalue weighted by Crippen LogP contribution is 2.24. The summed E-state index contributed by atoms with van der Waals surface area (Å²) >= 11 is 0. The Morgan fingerprint density at radius 2 is 1.96 bits per heavy atom. The summed E-state index contributed by atoms with van der Waals surface area (Å²) in [4.78, 5) is 23.0. The van der Waals surface area contributed by atoms with Gasteiger partial charge in [0.2, 0.25) is 0 Å². The van der Waals surface area contributed by atoms with Crippen LogP contribution in [0.3, 0.4) is 0 Å². The topological polar surface area (TPSA) is 46.1 Å². The second-order valence-electron chi connectivity index (χ2n) is 6.94. The Hall–Kier alpha value is -2.37. The summed E-state index contributed by atoms with van der Waals surface area (Å²) in [6.45, 7) is 4.89. The van der Waals surface area contributed by atoms with Crippen molar-refractivity contribution in [2.45, 2.75) is 39.5 Å². The number of nitrogens with zero attached hydrogens (tertiary/aromatic N) is 3. The van der Waals surface area contributed by atoms with Crippen molar-refractivity contribution in [1.82, 2.24) is 14.9 Å². The molecule has 138 valence electrons. The van der Waals surface area contributed by atoms with Crippen molar-refractivity contribution in [3.63, 3.8) is 0 Å². The van der Waals surface area contributed by atoms with Crippen LogP contribution in [0.5, 0.6) is 0 Å². The number of halogens is 2. The average molecular weight is 359 g/mol. The highest BCUT2D eigenvalue weighted by atomic mass is 19.1. The lowest BCUT2D eigenvalue weighted by molar-refractivity contribution is 0.0661.